The Morgan fingerprint density at radius 2 is 2.12 bits per heavy atom. The average molecular weight is 345 g/mol. The number of hydrogen-bond donors (Lipinski definition) is 3. The van der Waals surface area contributed by atoms with E-state index in [1.807, 2.05) is 12.1 Å². The Labute approximate surface area is 148 Å². The van der Waals surface area contributed by atoms with Crippen LogP contribution in [-0.2, 0) is 11.2 Å². The maximum atomic E-state index is 10.7. The fourth-order valence-electron chi connectivity index (χ4n) is 5.85. The van der Waals surface area contributed by atoms with Gasteiger partial charge in [0.25, 0.3) is 0 Å². The first-order valence-electron chi connectivity index (χ1n) is 9.35. The van der Waals surface area contributed by atoms with Gasteiger partial charge in [-0.05, 0) is 85.0 Å². The lowest BCUT2D eigenvalue weighted by Crippen LogP contribution is -2.43. The summed E-state index contributed by atoms with van der Waals surface area (Å²) in [6, 6.07) is 3.96. The van der Waals surface area contributed by atoms with Gasteiger partial charge in [0.2, 0.25) is 0 Å². The Morgan fingerprint density at radius 3 is 2.88 bits per heavy atom. The number of fused-ring (bicyclic) bond motifs is 5. The number of ether oxygens (including phenoxy) is 1. The lowest BCUT2D eigenvalue weighted by molar-refractivity contribution is -0.139. The molecule has 0 saturated heterocycles. The van der Waals surface area contributed by atoms with Crippen LogP contribution in [0.25, 0.3) is 0 Å². The van der Waals surface area contributed by atoms with Gasteiger partial charge in [-0.1, -0.05) is 6.92 Å². The zero-order valence-corrected chi connectivity index (χ0v) is 14.7. The van der Waals surface area contributed by atoms with Crippen molar-refractivity contribution < 1.29 is 19.7 Å². The van der Waals surface area contributed by atoms with Gasteiger partial charge in [-0.3, -0.25) is 0 Å². The maximum Gasteiger partial charge on any atom is 0.341 e. The SMILES string of the molecule is CC12CCC3c4cc(N)c(OCC(=O)O)cc4CCC3C1CCC2O. The molecule has 2 saturated carbocycles. The molecule has 2 fully saturated rings. The maximum absolute atomic E-state index is 10.7. The lowest BCUT2D eigenvalue weighted by atomic mass is 9.55. The van der Waals surface area contributed by atoms with Crippen LogP contribution in [0.3, 0.4) is 0 Å². The van der Waals surface area contributed by atoms with Crippen LogP contribution in [-0.4, -0.2) is 28.9 Å². The fraction of sp³-hybridized carbons (Fsp3) is 0.650. The van der Waals surface area contributed by atoms with Gasteiger partial charge in [0.15, 0.2) is 6.61 Å². The fourth-order valence-corrected chi connectivity index (χ4v) is 5.85. The molecular formula is C20H27NO4. The van der Waals surface area contributed by atoms with Crippen LogP contribution >= 0.6 is 0 Å². The van der Waals surface area contributed by atoms with Gasteiger partial charge in [0.05, 0.1) is 11.8 Å². The van der Waals surface area contributed by atoms with Crippen molar-refractivity contribution in [2.75, 3.05) is 12.3 Å². The molecule has 5 nitrogen and oxygen atoms in total. The Morgan fingerprint density at radius 1 is 1.32 bits per heavy atom. The van der Waals surface area contributed by atoms with Crippen molar-refractivity contribution in [3.8, 4) is 5.75 Å². The molecule has 0 spiro atoms. The van der Waals surface area contributed by atoms with E-state index in [4.69, 9.17) is 15.6 Å². The Kier molecular flexibility index (Phi) is 3.95. The van der Waals surface area contributed by atoms with E-state index in [1.165, 1.54) is 11.1 Å². The first-order valence-corrected chi connectivity index (χ1v) is 9.35. The van der Waals surface area contributed by atoms with Crippen molar-refractivity contribution in [2.24, 2.45) is 17.3 Å². The lowest BCUT2D eigenvalue weighted by Gasteiger charge is -2.50. The summed E-state index contributed by atoms with van der Waals surface area (Å²) in [6.07, 6.45) is 6.17. The number of anilines is 1. The molecule has 0 heterocycles. The molecule has 3 aliphatic rings. The summed E-state index contributed by atoms with van der Waals surface area (Å²) in [5.74, 6) is 1.20. The number of nitrogen functional groups attached to an aromatic ring is 1. The standard InChI is InChI=1S/C20H27NO4/c1-20-7-6-12-13(15(20)4-5-18(20)22)3-2-11-8-17(25-10-19(23)24)16(21)9-14(11)12/h8-9,12-13,15,18,22H,2-7,10,21H2,1H3,(H,23,24). The molecule has 1 aromatic carbocycles. The van der Waals surface area contributed by atoms with Gasteiger partial charge in [-0.15, -0.1) is 0 Å². The number of aliphatic hydroxyl groups excluding tert-OH is 1. The van der Waals surface area contributed by atoms with Crippen LogP contribution in [0, 0.1) is 17.3 Å². The second-order valence-corrected chi connectivity index (χ2v) is 8.32. The van der Waals surface area contributed by atoms with Gasteiger partial charge >= 0.3 is 5.97 Å². The highest BCUT2D eigenvalue weighted by Gasteiger charge is 2.54. The van der Waals surface area contributed by atoms with Gasteiger partial charge in [-0.2, -0.15) is 0 Å². The van der Waals surface area contributed by atoms with E-state index in [1.54, 1.807) is 0 Å². The molecule has 0 aliphatic heterocycles. The van der Waals surface area contributed by atoms with Crippen LogP contribution in [0.5, 0.6) is 5.75 Å². The second kappa shape index (κ2) is 5.90. The summed E-state index contributed by atoms with van der Waals surface area (Å²) in [7, 11) is 0. The first kappa shape index (κ1) is 16.7. The molecule has 0 bridgehead atoms. The van der Waals surface area contributed by atoms with E-state index >= 15 is 0 Å². The molecule has 136 valence electrons. The highest BCUT2D eigenvalue weighted by Crippen LogP contribution is 2.61. The van der Waals surface area contributed by atoms with E-state index in [0.717, 1.165) is 38.5 Å². The number of aliphatic carboxylic acids is 1. The smallest absolute Gasteiger partial charge is 0.341 e. The summed E-state index contributed by atoms with van der Waals surface area (Å²) >= 11 is 0. The minimum atomic E-state index is -0.997. The van der Waals surface area contributed by atoms with Gasteiger partial charge in [0, 0.05) is 0 Å². The molecule has 1 aromatic rings. The largest absolute Gasteiger partial charge is 0.480 e. The molecule has 0 radical (unpaired) electrons. The van der Waals surface area contributed by atoms with Crippen molar-refractivity contribution in [3.63, 3.8) is 0 Å². The third-order valence-corrected chi connectivity index (χ3v) is 7.16. The number of nitrogens with two attached hydrogens (primary N) is 1. The second-order valence-electron chi connectivity index (χ2n) is 8.32. The molecular weight excluding hydrogens is 318 g/mol. The number of aliphatic hydroxyl groups is 1. The zero-order chi connectivity index (χ0) is 17.8. The number of rotatable bonds is 3. The number of hydrogen-bond acceptors (Lipinski definition) is 4. The summed E-state index contributed by atoms with van der Waals surface area (Å²) in [5, 5.41) is 19.3. The quantitative estimate of drug-likeness (QED) is 0.733. The molecule has 5 unspecified atom stereocenters. The molecule has 5 atom stereocenters. The van der Waals surface area contributed by atoms with Crippen LogP contribution < -0.4 is 10.5 Å². The molecule has 5 heteroatoms. The van der Waals surface area contributed by atoms with Gasteiger partial charge in [-0.25, -0.2) is 4.79 Å². The minimum absolute atomic E-state index is 0.0781. The van der Waals surface area contributed by atoms with Crippen molar-refractivity contribution in [3.05, 3.63) is 23.3 Å². The highest BCUT2D eigenvalue weighted by atomic mass is 16.5. The molecule has 0 amide bonds. The van der Waals surface area contributed by atoms with Crippen molar-refractivity contribution in [2.45, 2.75) is 57.5 Å². The van der Waals surface area contributed by atoms with Crippen LogP contribution in [0.15, 0.2) is 12.1 Å². The number of carboxylic acid groups (broad SMARTS) is 1. The van der Waals surface area contributed by atoms with Gasteiger partial charge in [0.1, 0.15) is 5.75 Å². The number of carbonyl (C=O) groups is 1. The Hall–Kier alpha value is -1.75. The van der Waals surface area contributed by atoms with E-state index in [2.05, 4.69) is 6.92 Å². The summed E-state index contributed by atoms with van der Waals surface area (Å²) in [4.78, 5) is 10.7. The highest BCUT2D eigenvalue weighted by molar-refractivity contribution is 5.69. The van der Waals surface area contributed by atoms with Gasteiger partial charge < -0.3 is 20.7 Å². The molecule has 0 aromatic heterocycles. The molecule has 4 N–H and O–H groups in total. The predicted octanol–water partition coefficient (Wildman–Crippen LogP) is 2.95. The molecule has 25 heavy (non-hydrogen) atoms. The third kappa shape index (κ3) is 2.60. The average Bonchev–Trinajstić information content (AvgIpc) is 2.88. The van der Waals surface area contributed by atoms with E-state index in [-0.39, 0.29) is 18.1 Å². The summed E-state index contributed by atoms with van der Waals surface area (Å²) in [5.41, 5.74) is 9.32. The molecule has 4 rings (SSSR count). The third-order valence-electron chi connectivity index (χ3n) is 7.16. The van der Waals surface area contributed by atoms with E-state index in [9.17, 15) is 9.90 Å². The van der Waals surface area contributed by atoms with Crippen molar-refractivity contribution >= 4 is 11.7 Å². The molecule has 3 aliphatic carbocycles. The number of benzene rings is 1. The van der Waals surface area contributed by atoms with Crippen LogP contribution in [0.1, 0.15) is 56.1 Å². The van der Waals surface area contributed by atoms with E-state index in [0.29, 0.717) is 29.2 Å². The summed E-state index contributed by atoms with van der Waals surface area (Å²) in [6.45, 7) is 1.91. The predicted molar refractivity (Wildman–Crippen MR) is 94.6 cm³/mol. The van der Waals surface area contributed by atoms with Crippen molar-refractivity contribution in [1.82, 2.24) is 0 Å². The minimum Gasteiger partial charge on any atom is -0.480 e. The zero-order valence-electron chi connectivity index (χ0n) is 14.7. The normalized spacial score (nSPS) is 36.2. The number of aryl methyl sites for hydroxylation is 1. The summed E-state index contributed by atoms with van der Waals surface area (Å²) < 4.78 is 5.34. The Balaban J connectivity index is 1.62. The monoisotopic (exact) mass is 345 g/mol. The van der Waals surface area contributed by atoms with E-state index < -0.39 is 5.97 Å². The van der Waals surface area contributed by atoms with Crippen LogP contribution in [0.2, 0.25) is 0 Å². The topological polar surface area (TPSA) is 92.8 Å². The first-order chi connectivity index (χ1) is 11.9. The number of carboxylic acids is 1. The Bertz CT molecular complexity index is 703. The van der Waals surface area contributed by atoms with Crippen LogP contribution in [0.4, 0.5) is 5.69 Å². The van der Waals surface area contributed by atoms with Crippen molar-refractivity contribution in [1.29, 1.82) is 0 Å².